The minimum absolute atomic E-state index is 0.0922. The van der Waals surface area contributed by atoms with Crippen molar-refractivity contribution >= 4 is 11.6 Å². The van der Waals surface area contributed by atoms with Gasteiger partial charge in [0.25, 0.3) is 0 Å². The second-order valence-corrected chi connectivity index (χ2v) is 5.70. The van der Waals surface area contributed by atoms with Gasteiger partial charge in [-0.2, -0.15) is 26.3 Å². The number of ether oxygens (including phenoxy) is 1. The molecule has 3 rings (SSSR count). The molecule has 0 aliphatic rings. The zero-order chi connectivity index (χ0) is 20.7. The molecule has 0 atom stereocenters. The number of imidazole rings is 1. The van der Waals surface area contributed by atoms with Crippen molar-refractivity contribution in [3.8, 4) is 16.9 Å². The number of carbonyl (C=O) groups is 1. The molecule has 148 valence electrons. The maximum atomic E-state index is 13.3. The van der Waals surface area contributed by atoms with Crippen molar-refractivity contribution in [1.29, 1.82) is 0 Å². The molecule has 1 N–H and O–H groups in total. The van der Waals surface area contributed by atoms with Crippen LogP contribution in [0.1, 0.15) is 16.1 Å². The number of halogens is 6. The van der Waals surface area contributed by atoms with Gasteiger partial charge >= 0.3 is 18.3 Å². The number of rotatable bonds is 4. The Morgan fingerprint density at radius 3 is 2.36 bits per heavy atom. The summed E-state index contributed by atoms with van der Waals surface area (Å²) in [4.78, 5) is 14.9. The summed E-state index contributed by atoms with van der Waals surface area (Å²) < 4.78 is 82.8. The fraction of sp³-hybridized carbons (Fsp3) is 0.176. The summed E-state index contributed by atoms with van der Waals surface area (Å²) in [6.07, 6.45) is -7.90. The molecule has 0 aliphatic heterocycles. The first kappa shape index (κ1) is 19.5. The number of carboxylic acid groups (broad SMARTS) is 1. The van der Waals surface area contributed by atoms with E-state index in [1.54, 1.807) is 0 Å². The minimum Gasteiger partial charge on any atom is -0.483 e. The Kier molecular flexibility index (Phi) is 4.69. The molecule has 0 fully saturated rings. The van der Waals surface area contributed by atoms with Crippen LogP contribution in [0.2, 0.25) is 0 Å². The number of pyridine rings is 1. The van der Waals surface area contributed by atoms with Gasteiger partial charge in [-0.05, 0) is 12.1 Å². The molecule has 0 bridgehead atoms. The molecule has 2 heterocycles. The number of nitrogens with zero attached hydrogens (tertiary/aromatic N) is 2. The number of carboxylic acids is 1. The summed E-state index contributed by atoms with van der Waals surface area (Å²) in [5.41, 5.74) is -2.14. The SMILES string of the molecule is O=C(O)c1cn2cc(C(F)(F)F)cc(-c3ccccc3OCC(F)(F)F)c2n1. The molecule has 2 aromatic heterocycles. The maximum Gasteiger partial charge on any atom is 0.422 e. The number of fused-ring (bicyclic) bond motifs is 1. The quantitative estimate of drug-likeness (QED) is 0.643. The zero-order valence-corrected chi connectivity index (χ0v) is 13.7. The molecular weight excluding hydrogens is 394 g/mol. The Labute approximate surface area is 152 Å². The lowest BCUT2D eigenvalue weighted by Gasteiger charge is -2.15. The highest BCUT2D eigenvalue weighted by atomic mass is 19.4. The van der Waals surface area contributed by atoms with Crippen LogP contribution in [0.3, 0.4) is 0 Å². The van der Waals surface area contributed by atoms with E-state index in [4.69, 9.17) is 9.84 Å². The molecule has 0 radical (unpaired) electrons. The van der Waals surface area contributed by atoms with Gasteiger partial charge in [0.15, 0.2) is 12.3 Å². The van der Waals surface area contributed by atoms with Crippen LogP contribution in [-0.4, -0.2) is 33.2 Å². The molecule has 5 nitrogen and oxygen atoms in total. The highest BCUT2D eigenvalue weighted by molar-refractivity contribution is 5.89. The first-order valence-electron chi connectivity index (χ1n) is 7.58. The predicted octanol–water partition coefficient (Wildman–Crippen LogP) is 4.66. The average Bonchev–Trinajstić information content (AvgIpc) is 3.02. The number of aromatic carboxylic acids is 1. The lowest BCUT2D eigenvalue weighted by Crippen LogP contribution is -2.19. The second-order valence-electron chi connectivity index (χ2n) is 5.70. The molecule has 0 unspecified atom stereocenters. The molecule has 3 aromatic rings. The summed E-state index contributed by atoms with van der Waals surface area (Å²) in [6.45, 7) is -1.64. The van der Waals surface area contributed by atoms with Crippen molar-refractivity contribution < 1.29 is 41.0 Å². The fourth-order valence-corrected chi connectivity index (χ4v) is 2.53. The third kappa shape index (κ3) is 4.02. The summed E-state index contributed by atoms with van der Waals surface area (Å²) in [5, 5.41) is 9.06. The first-order chi connectivity index (χ1) is 13.0. The van der Waals surface area contributed by atoms with Gasteiger partial charge in [0.2, 0.25) is 0 Å². The fourth-order valence-electron chi connectivity index (χ4n) is 2.53. The number of hydrogen-bond donors (Lipinski definition) is 1. The van der Waals surface area contributed by atoms with E-state index < -0.39 is 36.2 Å². The van der Waals surface area contributed by atoms with Crippen molar-refractivity contribution in [1.82, 2.24) is 9.38 Å². The molecule has 11 heteroatoms. The van der Waals surface area contributed by atoms with Crippen LogP contribution in [0.25, 0.3) is 16.8 Å². The van der Waals surface area contributed by atoms with E-state index in [1.165, 1.54) is 24.3 Å². The highest BCUT2D eigenvalue weighted by Gasteiger charge is 2.33. The summed E-state index contributed by atoms with van der Waals surface area (Å²) in [6, 6.07) is 5.86. The zero-order valence-electron chi connectivity index (χ0n) is 13.7. The Hall–Kier alpha value is -3.24. The van der Waals surface area contributed by atoms with Crippen LogP contribution in [-0.2, 0) is 6.18 Å². The number of benzene rings is 1. The van der Waals surface area contributed by atoms with Crippen molar-refractivity contribution in [3.05, 3.63) is 54.0 Å². The molecule has 28 heavy (non-hydrogen) atoms. The molecule has 0 saturated carbocycles. The molecule has 1 aromatic carbocycles. The van der Waals surface area contributed by atoms with Crippen LogP contribution < -0.4 is 4.74 Å². The Balaban J connectivity index is 2.23. The lowest BCUT2D eigenvalue weighted by atomic mass is 10.0. The maximum absolute atomic E-state index is 13.3. The minimum atomic E-state index is -4.78. The molecular formula is C17H10F6N2O3. The smallest absolute Gasteiger partial charge is 0.422 e. The normalized spacial score (nSPS) is 12.4. The van der Waals surface area contributed by atoms with Gasteiger partial charge in [-0.15, -0.1) is 0 Å². The Morgan fingerprint density at radius 1 is 1.07 bits per heavy atom. The average molecular weight is 404 g/mol. The molecule has 0 amide bonds. The topological polar surface area (TPSA) is 63.8 Å². The van der Waals surface area contributed by atoms with E-state index in [0.717, 1.165) is 10.6 Å². The van der Waals surface area contributed by atoms with Crippen molar-refractivity contribution in [2.75, 3.05) is 6.61 Å². The van der Waals surface area contributed by atoms with Crippen LogP contribution in [0.4, 0.5) is 26.3 Å². The van der Waals surface area contributed by atoms with Crippen LogP contribution in [0.5, 0.6) is 5.75 Å². The highest BCUT2D eigenvalue weighted by Crippen LogP contribution is 2.38. The number of hydrogen-bond acceptors (Lipinski definition) is 3. The monoisotopic (exact) mass is 404 g/mol. The first-order valence-corrected chi connectivity index (χ1v) is 7.58. The van der Waals surface area contributed by atoms with Crippen molar-refractivity contribution in [3.63, 3.8) is 0 Å². The van der Waals surface area contributed by atoms with E-state index in [1.807, 2.05) is 0 Å². The van der Waals surface area contributed by atoms with Gasteiger partial charge in [0.1, 0.15) is 11.4 Å². The van der Waals surface area contributed by atoms with Crippen LogP contribution in [0.15, 0.2) is 42.7 Å². The van der Waals surface area contributed by atoms with E-state index >= 15 is 0 Å². The standard InChI is InChI=1S/C17H10F6N2O3/c18-16(19,20)8-28-13-4-2-1-3-10(13)11-5-9(17(21,22)23)6-25-7-12(15(26)27)24-14(11)25/h1-7H,8H2,(H,26,27). The van der Waals surface area contributed by atoms with E-state index in [-0.39, 0.29) is 22.5 Å². The second kappa shape index (κ2) is 6.73. The predicted molar refractivity (Wildman–Crippen MR) is 84.1 cm³/mol. The summed E-state index contributed by atoms with van der Waals surface area (Å²) in [7, 11) is 0. The Morgan fingerprint density at radius 2 is 1.75 bits per heavy atom. The van der Waals surface area contributed by atoms with Crippen molar-refractivity contribution in [2.45, 2.75) is 12.4 Å². The summed E-state index contributed by atoms with van der Waals surface area (Å²) >= 11 is 0. The molecule has 0 aliphatic carbocycles. The number of para-hydroxylation sites is 1. The van der Waals surface area contributed by atoms with Gasteiger partial charge in [0.05, 0.1) is 5.56 Å². The Bertz CT molecular complexity index is 1040. The van der Waals surface area contributed by atoms with E-state index in [0.29, 0.717) is 12.3 Å². The van der Waals surface area contributed by atoms with Gasteiger partial charge in [-0.3, -0.25) is 0 Å². The van der Waals surface area contributed by atoms with E-state index in [9.17, 15) is 31.1 Å². The number of alkyl halides is 6. The van der Waals surface area contributed by atoms with Gasteiger partial charge in [-0.25, -0.2) is 9.78 Å². The third-order valence-corrected chi connectivity index (χ3v) is 3.67. The van der Waals surface area contributed by atoms with Gasteiger partial charge in [-0.1, -0.05) is 18.2 Å². The van der Waals surface area contributed by atoms with Crippen LogP contribution >= 0.6 is 0 Å². The van der Waals surface area contributed by atoms with Crippen LogP contribution in [0, 0.1) is 0 Å². The lowest BCUT2D eigenvalue weighted by molar-refractivity contribution is -0.153. The largest absolute Gasteiger partial charge is 0.483 e. The van der Waals surface area contributed by atoms with Gasteiger partial charge in [0, 0.05) is 23.5 Å². The van der Waals surface area contributed by atoms with Crippen molar-refractivity contribution in [2.24, 2.45) is 0 Å². The molecule has 0 spiro atoms. The summed E-state index contributed by atoms with van der Waals surface area (Å²) in [5.74, 6) is -1.79. The van der Waals surface area contributed by atoms with Gasteiger partial charge < -0.3 is 14.2 Å². The third-order valence-electron chi connectivity index (χ3n) is 3.67. The van der Waals surface area contributed by atoms with E-state index in [2.05, 4.69) is 4.98 Å². The number of aromatic nitrogens is 2. The molecule has 0 saturated heterocycles.